The van der Waals surface area contributed by atoms with Gasteiger partial charge in [-0.25, -0.2) is 4.39 Å². The third kappa shape index (κ3) is 4.40. The highest BCUT2D eigenvalue weighted by Crippen LogP contribution is 2.13. The number of carbonyl (C=O) groups is 1. The monoisotopic (exact) mass is 284 g/mol. The van der Waals surface area contributed by atoms with Crippen molar-refractivity contribution in [3.8, 4) is 5.75 Å². The number of nitrogens with one attached hydrogen (secondary N) is 2. The Hall–Kier alpha value is -1.27. The Bertz CT molecular complexity index is 438. The van der Waals surface area contributed by atoms with E-state index in [1.165, 1.54) is 12.1 Å². The fourth-order valence-electron chi connectivity index (χ4n) is 1.75. The molecule has 0 aliphatic carbocycles. The molecule has 1 heterocycles. The van der Waals surface area contributed by atoms with Crippen LogP contribution < -0.4 is 15.4 Å². The zero-order valence-corrected chi connectivity index (χ0v) is 11.5. The highest BCUT2D eigenvalue weighted by Gasteiger charge is 2.22. The number of rotatable bonds is 5. The molecule has 1 aromatic rings. The van der Waals surface area contributed by atoms with Crippen LogP contribution in [0.25, 0.3) is 0 Å². The van der Waals surface area contributed by atoms with Crippen LogP contribution in [-0.4, -0.2) is 36.2 Å². The van der Waals surface area contributed by atoms with Crippen LogP contribution in [-0.2, 0) is 4.79 Å². The van der Waals surface area contributed by atoms with Gasteiger partial charge in [0.05, 0.1) is 12.6 Å². The zero-order valence-electron chi connectivity index (χ0n) is 10.7. The highest BCUT2D eigenvalue weighted by atomic mass is 32.2. The van der Waals surface area contributed by atoms with Gasteiger partial charge in [-0.05, 0) is 19.1 Å². The Labute approximate surface area is 116 Å². The summed E-state index contributed by atoms with van der Waals surface area (Å²) in [5.74, 6) is 1.73. The van der Waals surface area contributed by atoms with Crippen LogP contribution in [0.1, 0.15) is 6.92 Å². The molecule has 19 heavy (non-hydrogen) atoms. The Morgan fingerprint density at radius 3 is 3.21 bits per heavy atom. The molecule has 1 fully saturated rings. The van der Waals surface area contributed by atoms with Crippen molar-refractivity contribution >= 4 is 17.7 Å². The van der Waals surface area contributed by atoms with Gasteiger partial charge < -0.3 is 10.1 Å². The number of carbonyl (C=O) groups excluding carboxylic acids is 1. The first-order chi connectivity index (χ1) is 9.15. The molecule has 6 heteroatoms. The van der Waals surface area contributed by atoms with Crippen molar-refractivity contribution in [2.24, 2.45) is 0 Å². The van der Waals surface area contributed by atoms with Gasteiger partial charge in [-0.2, -0.15) is 0 Å². The molecular weight excluding hydrogens is 267 g/mol. The van der Waals surface area contributed by atoms with E-state index in [4.69, 9.17) is 4.74 Å². The number of hydrogen-bond acceptors (Lipinski definition) is 4. The van der Waals surface area contributed by atoms with Crippen molar-refractivity contribution < 1.29 is 13.9 Å². The Morgan fingerprint density at radius 2 is 2.53 bits per heavy atom. The molecule has 1 aliphatic rings. The SMILES string of the molecule is CC(CNC(=O)C1CSCN1)Oc1cccc(F)c1. The first-order valence-electron chi connectivity index (χ1n) is 6.16. The van der Waals surface area contributed by atoms with Crippen molar-refractivity contribution in [2.75, 3.05) is 18.2 Å². The average molecular weight is 284 g/mol. The zero-order chi connectivity index (χ0) is 13.7. The molecule has 1 aromatic carbocycles. The average Bonchev–Trinajstić information content (AvgIpc) is 2.90. The van der Waals surface area contributed by atoms with E-state index in [9.17, 15) is 9.18 Å². The highest BCUT2D eigenvalue weighted by molar-refractivity contribution is 7.99. The Morgan fingerprint density at radius 1 is 1.68 bits per heavy atom. The maximum absolute atomic E-state index is 13.0. The maximum atomic E-state index is 13.0. The van der Waals surface area contributed by atoms with Crippen molar-refractivity contribution in [1.29, 1.82) is 0 Å². The fraction of sp³-hybridized carbons (Fsp3) is 0.462. The topological polar surface area (TPSA) is 50.4 Å². The molecule has 0 radical (unpaired) electrons. The van der Waals surface area contributed by atoms with Crippen LogP contribution in [0.3, 0.4) is 0 Å². The lowest BCUT2D eigenvalue weighted by atomic mass is 10.3. The molecule has 1 saturated heterocycles. The standard InChI is InChI=1S/C13H17FN2O2S/c1-9(18-11-4-2-3-10(14)5-11)6-15-13(17)12-7-19-8-16-12/h2-5,9,12,16H,6-8H2,1H3,(H,15,17). The summed E-state index contributed by atoms with van der Waals surface area (Å²) in [5, 5.41) is 5.92. The minimum Gasteiger partial charge on any atom is -0.489 e. The second kappa shape index (κ2) is 6.77. The quantitative estimate of drug-likeness (QED) is 0.857. The van der Waals surface area contributed by atoms with E-state index >= 15 is 0 Å². The molecule has 1 amide bonds. The minimum atomic E-state index is -0.332. The normalized spacial score (nSPS) is 20.0. The van der Waals surface area contributed by atoms with Crippen LogP contribution >= 0.6 is 11.8 Å². The van der Waals surface area contributed by atoms with Gasteiger partial charge in [0, 0.05) is 17.7 Å². The molecule has 0 aromatic heterocycles. The summed E-state index contributed by atoms with van der Waals surface area (Å²) < 4.78 is 18.5. The van der Waals surface area contributed by atoms with Crippen molar-refractivity contribution in [1.82, 2.24) is 10.6 Å². The van der Waals surface area contributed by atoms with Crippen molar-refractivity contribution in [3.63, 3.8) is 0 Å². The summed E-state index contributed by atoms with van der Waals surface area (Å²) in [4.78, 5) is 11.8. The molecule has 4 nitrogen and oxygen atoms in total. The van der Waals surface area contributed by atoms with Crippen molar-refractivity contribution in [2.45, 2.75) is 19.1 Å². The lowest BCUT2D eigenvalue weighted by Crippen LogP contribution is -2.44. The number of hydrogen-bond donors (Lipinski definition) is 2. The van der Waals surface area contributed by atoms with Crippen LogP contribution in [0.15, 0.2) is 24.3 Å². The van der Waals surface area contributed by atoms with E-state index in [0.717, 1.165) is 11.6 Å². The van der Waals surface area contributed by atoms with Crippen LogP contribution in [0, 0.1) is 5.82 Å². The summed E-state index contributed by atoms with van der Waals surface area (Å²) in [6, 6.07) is 5.86. The number of ether oxygens (including phenoxy) is 1. The summed E-state index contributed by atoms with van der Waals surface area (Å²) in [6.07, 6.45) is -0.209. The lowest BCUT2D eigenvalue weighted by Gasteiger charge is -2.17. The first kappa shape index (κ1) is 14.1. The summed E-state index contributed by atoms with van der Waals surface area (Å²) >= 11 is 1.70. The molecule has 1 aliphatic heterocycles. The molecule has 2 rings (SSSR count). The lowest BCUT2D eigenvalue weighted by molar-refractivity contribution is -0.122. The van der Waals surface area contributed by atoms with Crippen LogP contribution in [0.4, 0.5) is 4.39 Å². The van der Waals surface area contributed by atoms with E-state index in [2.05, 4.69) is 10.6 Å². The summed E-state index contributed by atoms with van der Waals surface area (Å²) in [6.45, 7) is 2.24. The molecule has 0 spiro atoms. The van der Waals surface area contributed by atoms with Gasteiger partial charge in [-0.3, -0.25) is 10.1 Å². The Kier molecular flexibility index (Phi) is 5.04. The predicted octanol–water partition coefficient (Wildman–Crippen LogP) is 1.37. The van der Waals surface area contributed by atoms with Gasteiger partial charge in [0.15, 0.2) is 0 Å². The van der Waals surface area contributed by atoms with E-state index in [-0.39, 0.29) is 23.9 Å². The van der Waals surface area contributed by atoms with Gasteiger partial charge in [0.25, 0.3) is 0 Å². The van der Waals surface area contributed by atoms with E-state index < -0.39 is 0 Å². The Balaban J connectivity index is 1.75. The first-order valence-corrected chi connectivity index (χ1v) is 7.31. The van der Waals surface area contributed by atoms with Crippen LogP contribution in [0.5, 0.6) is 5.75 Å². The molecular formula is C13H17FN2O2S. The number of halogens is 1. The summed E-state index contributed by atoms with van der Waals surface area (Å²) in [5.41, 5.74) is 0. The largest absolute Gasteiger partial charge is 0.489 e. The van der Waals surface area contributed by atoms with Gasteiger partial charge in [0.2, 0.25) is 5.91 Å². The number of thioether (sulfide) groups is 1. The number of benzene rings is 1. The van der Waals surface area contributed by atoms with Crippen LogP contribution in [0.2, 0.25) is 0 Å². The molecule has 0 bridgehead atoms. The second-order valence-corrected chi connectivity index (χ2v) is 5.43. The molecule has 2 N–H and O–H groups in total. The summed E-state index contributed by atoms with van der Waals surface area (Å²) in [7, 11) is 0. The van der Waals surface area contributed by atoms with Gasteiger partial charge in [-0.15, -0.1) is 11.8 Å². The third-order valence-corrected chi connectivity index (χ3v) is 3.67. The molecule has 0 saturated carbocycles. The molecule has 2 atom stereocenters. The fourth-order valence-corrected chi connectivity index (χ4v) is 2.69. The maximum Gasteiger partial charge on any atom is 0.238 e. The van der Waals surface area contributed by atoms with Gasteiger partial charge >= 0.3 is 0 Å². The molecule has 2 unspecified atom stereocenters. The van der Waals surface area contributed by atoms with Gasteiger partial charge in [0.1, 0.15) is 17.7 Å². The second-order valence-electron chi connectivity index (χ2n) is 4.40. The predicted molar refractivity (Wildman–Crippen MR) is 73.7 cm³/mol. The van der Waals surface area contributed by atoms with Gasteiger partial charge in [-0.1, -0.05) is 6.07 Å². The third-order valence-electron chi connectivity index (χ3n) is 2.73. The minimum absolute atomic E-state index is 0.0142. The van der Waals surface area contributed by atoms with E-state index in [1.54, 1.807) is 23.9 Å². The van der Waals surface area contributed by atoms with E-state index in [0.29, 0.717) is 12.3 Å². The van der Waals surface area contributed by atoms with Crippen molar-refractivity contribution in [3.05, 3.63) is 30.1 Å². The van der Waals surface area contributed by atoms with E-state index in [1.807, 2.05) is 6.92 Å². The number of amides is 1. The molecule has 104 valence electrons. The smallest absolute Gasteiger partial charge is 0.238 e.